The second-order valence-corrected chi connectivity index (χ2v) is 4.85. The number of amides is 1. The predicted octanol–water partition coefficient (Wildman–Crippen LogP) is 1.09. The van der Waals surface area contributed by atoms with Crippen LogP contribution in [0.25, 0.3) is 11.0 Å². The lowest BCUT2D eigenvalue weighted by atomic mass is 10.1. The maximum Gasteiger partial charge on any atom is 0.326 e. The Morgan fingerprint density at radius 2 is 2.05 bits per heavy atom. The van der Waals surface area contributed by atoms with Gasteiger partial charge in [-0.15, -0.1) is 0 Å². The van der Waals surface area contributed by atoms with Gasteiger partial charge in [-0.1, -0.05) is 18.2 Å². The summed E-state index contributed by atoms with van der Waals surface area (Å²) in [6, 6.07) is 6.06. The molecule has 0 radical (unpaired) electrons. The van der Waals surface area contributed by atoms with Gasteiger partial charge >= 0.3 is 5.97 Å². The summed E-state index contributed by atoms with van der Waals surface area (Å²) in [5.41, 5.74) is 0.892. The van der Waals surface area contributed by atoms with Gasteiger partial charge in [0.2, 0.25) is 0 Å². The van der Waals surface area contributed by atoms with E-state index in [-0.39, 0.29) is 13.0 Å². The molecule has 1 fully saturated rings. The third kappa shape index (κ3) is 1.94. The molecule has 1 saturated heterocycles. The summed E-state index contributed by atoms with van der Waals surface area (Å²) in [5, 5.41) is 19.4. The van der Waals surface area contributed by atoms with E-state index in [1.165, 1.54) is 11.2 Å². The molecule has 1 aliphatic heterocycles. The fourth-order valence-corrected chi connectivity index (χ4v) is 2.57. The first-order valence-electron chi connectivity index (χ1n) is 6.26. The van der Waals surface area contributed by atoms with Gasteiger partial charge in [-0.05, 0) is 6.07 Å². The lowest BCUT2D eigenvalue weighted by Gasteiger charge is -2.20. The van der Waals surface area contributed by atoms with E-state index in [2.05, 4.69) is 0 Å². The van der Waals surface area contributed by atoms with Crippen LogP contribution in [-0.2, 0) is 4.79 Å². The molecule has 3 rings (SSSR count). The van der Waals surface area contributed by atoms with Gasteiger partial charge in [0, 0.05) is 18.4 Å². The number of carbonyl (C=O) groups is 2. The summed E-state index contributed by atoms with van der Waals surface area (Å²) in [6.07, 6.45) is 0.575. The molecule has 2 aromatic rings. The zero-order valence-corrected chi connectivity index (χ0v) is 10.5. The van der Waals surface area contributed by atoms with Gasteiger partial charge in [0.05, 0.1) is 11.7 Å². The third-order valence-electron chi connectivity index (χ3n) is 3.54. The van der Waals surface area contributed by atoms with Gasteiger partial charge in [-0.2, -0.15) is 0 Å². The molecule has 1 aromatic heterocycles. The predicted molar refractivity (Wildman–Crippen MR) is 69.3 cm³/mol. The van der Waals surface area contributed by atoms with Crippen molar-refractivity contribution in [3.8, 4) is 0 Å². The highest BCUT2D eigenvalue weighted by atomic mass is 16.4. The number of aliphatic hydroxyl groups is 1. The number of carboxylic acid groups (broad SMARTS) is 1. The van der Waals surface area contributed by atoms with E-state index >= 15 is 0 Å². The van der Waals surface area contributed by atoms with Crippen molar-refractivity contribution >= 4 is 22.8 Å². The van der Waals surface area contributed by atoms with E-state index in [0.717, 1.165) is 0 Å². The molecule has 0 spiro atoms. The Balaban J connectivity index is 1.98. The van der Waals surface area contributed by atoms with Crippen LogP contribution in [0.3, 0.4) is 0 Å². The number of fused-ring (bicyclic) bond motifs is 1. The van der Waals surface area contributed by atoms with E-state index in [1.54, 1.807) is 24.3 Å². The zero-order valence-electron chi connectivity index (χ0n) is 10.5. The Morgan fingerprint density at radius 3 is 2.80 bits per heavy atom. The van der Waals surface area contributed by atoms with Crippen molar-refractivity contribution in [1.29, 1.82) is 0 Å². The fourth-order valence-electron chi connectivity index (χ4n) is 2.57. The molecule has 1 amide bonds. The number of hydrogen-bond donors (Lipinski definition) is 2. The number of aliphatic carboxylic acids is 1. The molecule has 2 unspecified atom stereocenters. The first-order chi connectivity index (χ1) is 9.58. The number of furan rings is 1. The van der Waals surface area contributed by atoms with Crippen LogP contribution in [0, 0.1) is 0 Å². The number of carbonyl (C=O) groups excluding carboxylic acids is 1. The lowest BCUT2D eigenvalue weighted by molar-refractivity contribution is -0.141. The van der Waals surface area contributed by atoms with Gasteiger partial charge < -0.3 is 19.5 Å². The van der Waals surface area contributed by atoms with Crippen LogP contribution >= 0.6 is 0 Å². The minimum Gasteiger partial charge on any atom is -0.480 e. The highest BCUT2D eigenvalue weighted by Gasteiger charge is 2.39. The first-order valence-corrected chi connectivity index (χ1v) is 6.26. The number of aliphatic hydroxyl groups excluding tert-OH is 1. The molecule has 1 aliphatic rings. The summed E-state index contributed by atoms with van der Waals surface area (Å²) in [7, 11) is 0. The van der Waals surface area contributed by atoms with Crippen LogP contribution in [0.4, 0.5) is 0 Å². The Hall–Kier alpha value is -2.34. The highest BCUT2D eigenvalue weighted by Crippen LogP contribution is 2.26. The molecule has 0 saturated carbocycles. The number of likely N-dealkylation sites (tertiary alicyclic amines) is 1. The van der Waals surface area contributed by atoms with Crippen molar-refractivity contribution in [2.75, 3.05) is 6.54 Å². The van der Waals surface area contributed by atoms with Crippen molar-refractivity contribution in [2.45, 2.75) is 18.6 Å². The third-order valence-corrected chi connectivity index (χ3v) is 3.54. The molecule has 6 nitrogen and oxygen atoms in total. The fraction of sp³-hybridized carbons (Fsp3) is 0.286. The highest BCUT2D eigenvalue weighted by molar-refractivity contribution is 6.07. The lowest BCUT2D eigenvalue weighted by Crippen LogP contribution is -2.40. The topological polar surface area (TPSA) is 91.0 Å². The molecule has 2 heterocycles. The second-order valence-electron chi connectivity index (χ2n) is 4.85. The van der Waals surface area contributed by atoms with E-state index < -0.39 is 24.0 Å². The summed E-state index contributed by atoms with van der Waals surface area (Å²) in [4.78, 5) is 24.8. The van der Waals surface area contributed by atoms with E-state index in [1.807, 2.05) is 0 Å². The van der Waals surface area contributed by atoms with Gasteiger partial charge in [-0.3, -0.25) is 4.79 Å². The summed E-state index contributed by atoms with van der Waals surface area (Å²) >= 11 is 0. The maximum absolute atomic E-state index is 12.5. The molecule has 20 heavy (non-hydrogen) atoms. The molecule has 104 valence electrons. The van der Waals surface area contributed by atoms with Crippen molar-refractivity contribution in [3.63, 3.8) is 0 Å². The molecule has 2 N–H and O–H groups in total. The number of benzene rings is 1. The SMILES string of the molecule is O=C(O)C1CC(O)CN1C(=O)c1coc2ccccc12. The van der Waals surface area contributed by atoms with Crippen LogP contribution in [0.15, 0.2) is 34.9 Å². The Morgan fingerprint density at radius 1 is 1.30 bits per heavy atom. The van der Waals surface area contributed by atoms with Gasteiger partial charge in [0.1, 0.15) is 17.9 Å². The molecular formula is C14H13NO5. The van der Waals surface area contributed by atoms with E-state index in [9.17, 15) is 14.7 Å². The Kier molecular flexibility index (Phi) is 2.94. The number of carboxylic acids is 1. The van der Waals surface area contributed by atoms with Gasteiger partial charge in [0.25, 0.3) is 5.91 Å². The molecule has 6 heteroatoms. The number of hydrogen-bond acceptors (Lipinski definition) is 4. The quantitative estimate of drug-likeness (QED) is 0.856. The Bertz CT molecular complexity index is 677. The normalized spacial score (nSPS) is 22.4. The smallest absolute Gasteiger partial charge is 0.326 e. The number of nitrogens with zero attached hydrogens (tertiary/aromatic N) is 1. The second kappa shape index (κ2) is 4.64. The molecular weight excluding hydrogens is 262 g/mol. The monoisotopic (exact) mass is 275 g/mol. The van der Waals surface area contributed by atoms with Crippen molar-refractivity contribution in [3.05, 3.63) is 36.1 Å². The van der Waals surface area contributed by atoms with E-state index in [0.29, 0.717) is 16.5 Å². The first kappa shape index (κ1) is 12.7. The Labute approximate surface area is 114 Å². The van der Waals surface area contributed by atoms with Crippen molar-refractivity contribution in [2.24, 2.45) is 0 Å². The summed E-state index contributed by atoms with van der Waals surface area (Å²) in [6.45, 7) is 0.0231. The number of para-hydroxylation sites is 1. The number of rotatable bonds is 2. The van der Waals surface area contributed by atoms with Gasteiger partial charge in [-0.25, -0.2) is 4.79 Å². The average Bonchev–Trinajstić information content (AvgIpc) is 3.01. The average molecular weight is 275 g/mol. The molecule has 1 aromatic carbocycles. The van der Waals surface area contributed by atoms with Crippen LogP contribution in [0.5, 0.6) is 0 Å². The zero-order chi connectivity index (χ0) is 14.3. The van der Waals surface area contributed by atoms with E-state index in [4.69, 9.17) is 9.52 Å². The van der Waals surface area contributed by atoms with Crippen LogP contribution in [0.1, 0.15) is 16.8 Å². The van der Waals surface area contributed by atoms with Crippen LogP contribution < -0.4 is 0 Å². The standard InChI is InChI=1S/C14H13NO5/c16-8-5-11(14(18)19)15(6-8)13(17)10-7-20-12-4-2-1-3-9(10)12/h1-4,7-8,11,16H,5-6H2,(H,18,19). The maximum atomic E-state index is 12.5. The number of β-amino-alcohol motifs (C(OH)–C–C–N with tert-alkyl or cyclic N) is 1. The minimum absolute atomic E-state index is 0.0231. The van der Waals surface area contributed by atoms with Crippen molar-refractivity contribution < 1.29 is 24.2 Å². The van der Waals surface area contributed by atoms with Crippen LogP contribution in [-0.4, -0.2) is 45.7 Å². The van der Waals surface area contributed by atoms with Gasteiger partial charge in [0.15, 0.2) is 0 Å². The summed E-state index contributed by atoms with van der Waals surface area (Å²) in [5.74, 6) is -1.54. The minimum atomic E-state index is -1.11. The largest absolute Gasteiger partial charge is 0.480 e. The summed E-state index contributed by atoms with van der Waals surface area (Å²) < 4.78 is 5.29. The molecule has 0 aliphatic carbocycles. The van der Waals surface area contributed by atoms with Crippen LogP contribution in [0.2, 0.25) is 0 Å². The molecule has 0 bridgehead atoms. The molecule has 2 atom stereocenters. The van der Waals surface area contributed by atoms with Crippen molar-refractivity contribution in [1.82, 2.24) is 4.90 Å².